The van der Waals surface area contributed by atoms with E-state index >= 15 is 0 Å². The van der Waals surface area contributed by atoms with Gasteiger partial charge in [-0.2, -0.15) is 0 Å². The van der Waals surface area contributed by atoms with E-state index in [1.54, 1.807) is 24.5 Å². The Balaban J connectivity index is 2.17. The number of benzene rings is 1. The lowest BCUT2D eigenvalue weighted by atomic mass is 10.0. The largest absolute Gasteiger partial charge is 0.367 e. The van der Waals surface area contributed by atoms with Gasteiger partial charge >= 0.3 is 0 Å². The number of hydrogen-bond donors (Lipinski definition) is 1. The average Bonchev–Trinajstić information content (AvgIpc) is 2.83. The molecule has 2 heterocycles. The van der Waals surface area contributed by atoms with Gasteiger partial charge in [-0.25, -0.2) is 9.97 Å². The van der Waals surface area contributed by atoms with Crippen molar-refractivity contribution in [2.45, 2.75) is 0 Å². The molecule has 5 nitrogen and oxygen atoms in total. The van der Waals surface area contributed by atoms with E-state index in [4.69, 9.17) is 21.9 Å². The Morgan fingerprint density at radius 3 is 2.37 bits per heavy atom. The second kappa shape index (κ2) is 4.70. The summed E-state index contributed by atoms with van der Waals surface area (Å²) in [5.74, 6) is 0.251. The summed E-state index contributed by atoms with van der Waals surface area (Å²) in [5, 5.41) is 4.63. The maximum absolute atomic E-state index is 5.88. The van der Waals surface area contributed by atoms with Crippen LogP contribution in [0, 0.1) is 0 Å². The Kier molecular flexibility index (Phi) is 2.89. The normalized spacial score (nSPS) is 10.6. The van der Waals surface area contributed by atoms with Crippen molar-refractivity contribution in [2.24, 2.45) is 0 Å². The van der Waals surface area contributed by atoms with Gasteiger partial charge in [0.15, 0.2) is 0 Å². The van der Waals surface area contributed by atoms with Crippen molar-refractivity contribution >= 4 is 17.5 Å². The highest BCUT2D eigenvalue weighted by atomic mass is 35.5. The van der Waals surface area contributed by atoms with Crippen LogP contribution >= 0.6 is 11.6 Å². The van der Waals surface area contributed by atoms with Gasteiger partial charge in [-0.15, -0.1) is 0 Å². The summed E-state index contributed by atoms with van der Waals surface area (Å²) < 4.78 is 5.07. The minimum Gasteiger partial charge on any atom is -0.367 e. The van der Waals surface area contributed by atoms with Crippen molar-refractivity contribution in [1.29, 1.82) is 0 Å². The van der Waals surface area contributed by atoms with Gasteiger partial charge in [0.1, 0.15) is 12.0 Å². The fraction of sp³-hybridized carbons (Fsp3) is 0. The quantitative estimate of drug-likeness (QED) is 0.776. The Morgan fingerprint density at radius 2 is 1.68 bits per heavy atom. The lowest BCUT2D eigenvalue weighted by Gasteiger charge is -2.02. The highest BCUT2D eigenvalue weighted by Crippen LogP contribution is 2.35. The number of hydrogen-bond acceptors (Lipinski definition) is 5. The molecule has 0 saturated heterocycles. The van der Waals surface area contributed by atoms with Crippen LogP contribution < -0.4 is 5.73 Å². The molecule has 0 saturated carbocycles. The van der Waals surface area contributed by atoms with Crippen LogP contribution in [0.2, 0.25) is 5.02 Å². The molecule has 19 heavy (non-hydrogen) atoms. The zero-order chi connectivity index (χ0) is 13.2. The smallest absolute Gasteiger partial charge is 0.230 e. The van der Waals surface area contributed by atoms with E-state index < -0.39 is 0 Å². The molecule has 0 atom stereocenters. The van der Waals surface area contributed by atoms with E-state index in [0.717, 1.165) is 11.1 Å². The number of halogens is 1. The molecule has 0 radical (unpaired) electrons. The highest BCUT2D eigenvalue weighted by Gasteiger charge is 2.17. The van der Waals surface area contributed by atoms with Crippen LogP contribution in [0.4, 0.5) is 5.88 Å². The van der Waals surface area contributed by atoms with Gasteiger partial charge in [-0.1, -0.05) is 28.9 Å². The number of anilines is 1. The van der Waals surface area contributed by atoms with Crippen molar-refractivity contribution in [3.8, 4) is 22.4 Å². The number of nitrogen functional groups attached to an aromatic ring is 1. The van der Waals surface area contributed by atoms with E-state index in [1.807, 2.05) is 12.1 Å². The second-order valence-corrected chi connectivity index (χ2v) is 4.34. The number of aromatic nitrogens is 3. The van der Waals surface area contributed by atoms with Crippen LogP contribution in [0.3, 0.4) is 0 Å². The van der Waals surface area contributed by atoms with Gasteiger partial charge < -0.3 is 10.3 Å². The lowest BCUT2D eigenvalue weighted by molar-refractivity contribution is 0.439. The zero-order valence-electron chi connectivity index (χ0n) is 9.75. The van der Waals surface area contributed by atoms with Gasteiger partial charge in [-0.3, -0.25) is 0 Å². The molecule has 0 amide bonds. The Bertz CT molecular complexity index is 694. The number of rotatable bonds is 2. The Morgan fingerprint density at radius 1 is 1.00 bits per heavy atom. The van der Waals surface area contributed by atoms with Crippen molar-refractivity contribution in [2.75, 3.05) is 5.73 Å². The first kappa shape index (κ1) is 11.7. The topological polar surface area (TPSA) is 77.8 Å². The van der Waals surface area contributed by atoms with Gasteiger partial charge in [0, 0.05) is 23.0 Å². The van der Waals surface area contributed by atoms with Crippen LogP contribution in [0.5, 0.6) is 0 Å². The third-order valence-electron chi connectivity index (χ3n) is 2.69. The maximum Gasteiger partial charge on any atom is 0.230 e. The lowest BCUT2D eigenvalue weighted by Crippen LogP contribution is -1.88. The second-order valence-electron chi connectivity index (χ2n) is 3.90. The van der Waals surface area contributed by atoms with Crippen LogP contribution in [-0.2, 0) is 0 Å². The summed E-state index contributed by atoms with van der Waals surface area (Å²) >= 11 is 5.88. The predicted molar refractivity (Wildman–Crippen MR) is 72.4 cm³/mol. The first-order valence-corrected chi connectivity index (χ1v) is 5.90. The summed E-state index contributed by atoms with van der Waals surface area (Å²) in [5.41, 5.74) is 8.79. The first-order valence-electron chi connectivity index (χ1n) is 5.52. The summed E-state index contributed by atoms with van der Waals surface area (Å²) in [6.45, 7) is 0. The molecule has 6 heteroatoms. The Labute approximate surface area is 114 Å². The van der Waals surface area contributed by atoms with Crippen molar-refractivity contribution < 1.29 is 4.52 Å². The molecule has 3 aromatic rings. The van der Waals surface area contributed by atoms with Gasteiger partial charge in [0.05, 0.1) is 5.56 Å². The number of nitrogens with two attached hydrogens (primary N) is 1. The van der Waals surface area contributed by atoms with Crippen LogP contribution in [0.25, 0.3) is 22.4 Å². The summed E-state index contributed by atoms with van der Waals surface area (Å²) in [4.78, 5) is 7.93. The molecule has 0 aliphatic carbocycles. The molecular weight excluding hydrogens is 264 g/mol. The molecule has 2 aromatic heterocycles. The molecule has 0 fully saturated rings. The minimum atomic E-state index is 0.251. The molecule has 2 N–H and O–H groups in total. The molecule has 0 aliphatic rings. The fourth-order valence-corrected chi connectivity index (χ4v) is 1.94. The standard InChI is InChI=1S/C13H9ClN4O/c14-10-3-1-8(2-4-10)11-12(18-19-13(11)15)9-5-16-7-17-6-9/h1-7H,15H2. The highest BCUT2D eigenvalue weighted by molar-refractivity contribution is 6.30. The van der Waals surface area contributed by atoms with Crippen molar-refractivity contribution in [3.63, 3.8) is 0 Å². The zero-order valence-corrected chi connectivity index (χ0v) is 10.5. The molecule has 0 unspecified atom stereocenters. The van der Waals surface area contributed by atoms with E-state index in [0.29, 0.717) is 16.3 Å². The third-order valence-corrected chi connectivity index (χ3v) is 2.94. The van der Waals surface area contributed by atoms with Crippen molar-refractivity contribution in [1.82, 2.24) is 15.1 Å². The van der Waals surface area contributed by atoms with Crippen LogP contribution in [-0.4, -0.2) is 15.1 Å². The maximum atomic E-state index is 5.88. The molecule has 1 aromatic carbocycles. The van der Waals surface area contributed by atoms with Crippen molar-refractivity contribution in [3.05, 3.63) is 48.0 Å². The minimum absolute atomic E-state index is 0.251. The SMILES string of the molecule is Nc1onc(-c2cncnc2)c1-c1ccc(Cl)cc1. The third kappa shape index (κ3) is 2.15. The number of nitrogens with zero attached hydrogens (tertiary/aromatic N) is 3. The summed E-state index contributed by atoms with van der Waals surface area (Å²) in [6, 6.07) is 7.29. The van der Waals surface area contributed by atoms with E-state index in [-0.39, 0.29) is 5.88 Å². The predicted octanol–water partition coefficient (Wildman–Crippen LogP) is 3.03. The summed E-state index contributed by atoms with van der Waals surface area (Å²) in [6.07, 6.45) is 4.77. The van der Waals surface area contributed by atoms with Gasteiger partial charge in [0.2, 0.25) is 5.88 Å². The molecular formula is C13H9ClN4O. The molecule has 0 aliphatic heterocycles. The van der Waals surface area contributed by atoms with E-state index in [1.165, 1.54) is 6.33 Å². The van der Waals surface area contributed by atoms with Gasteiger partial charge in [0.25, 0.3) is 0 Å². The molecule has 0 spiro atoms. The molecule has 0 bridgehead atoms. The fourth-order valence-electron chi connectivity index (χ4n) is 1.82. The monoisotopic (exact) mass is 272 g/mol. The van der Waals surface area contributed by atoms with Gasteiger partial charge in [-0.05, 0) is 17.7 Å². The summed E-state index contributed by atoms with van der Waals surface area (Å²) in [7, 11) is 0. The Hall–Kier alpha value is -2.40. The van der Waals surface area contributed by atoms with Crippen LogP contribution in [0.1, 0.15) is 0 Å². The molecule has 3 rings (SSSR count). The average molecular weight is 273 g/mol. The van der Waals surface area contributed by atoms with Crippen LogP contribution in [0.15, 0.2) is 47.5 Å². The van der Waals surface area contributed by atoms with E-state index in [9.17, 15) is 0 Å². The molecule has 94 valence electrons. The van der Waals surface area contributed by atoms with E-state index in [2.05, 4.69) is 15.1 Å². The first-order chi connectivity index (χ1) is 9.25.